The van der Waals surface area contributed by atoms with Crippen molar-refractivity contribution in [3.8, 4) is 11.3 Å². The van der Waals surface area contributed by atoms with Gasteiger partial charge < -0.3 is 15.0 Å². The minimum absolute atomic E-state index is 0.0783. The van der Waals surface area contributed by atoms with E-state index < -0.39 is 10.7 Å². The summed E-state index contributed by atoms with van der Waals surface area (Å²) >= 11 is 0. The molecule has 1 saturated carbocycles. The molecule has 1 aromatic carbocycles. The Labute approximate surface area is 212 Å². The first-order valence-electron chi connectivity index (χ1n) is 13.0. The number of hydrogen-bond donors (Lipinski definition) is 3. The van der Waals surface area contributed by atoms with Crippen LogP contribution in [-0.2, 0) is 22.7 Å². The molecule has 1 aliphatic carbocycles. The topological polar surface area (TPSA) is 88.4 Å². The third-order valence-electron chi connectivity index (χ3n) is 7.19. The van der Waals surface area contributed by atoms with E-state index in [1.165, 1.54) is 32.1 Å². The Morgan fingerprint density at radius 1 is 1.09 bits per heavy atom. The lowest BCUT2D eigenvalue weighted by atomic mass is 9.85. The van der Waals surface area contributed by atoms with Gasteiger partial charge in [-0.2, -0.15) is 0 Å². The Bertz CT molecular complexity index is 1080. The van der Waals surface area contributed by atoms with Crippen molar-refractivity contribution < 1.29 is 18.3 Å². The second-order valence-electron chi connectivity index (χ2n) is 10.9. The van der Waals surface area contributed by atoms with E-state index in [4.69, 9.17) is 5.11 Å². The average molecular weight is 503 g/mol. The Morgan fingerprint density at radius 2 is 1.80 bits per heavy atom. The molecule has 35 heavy (non-hydrogen) atoms. The fourth-order valence-corrected chi connectivity index (χ4v) is 5.94. The van der Waals surface area contributed by atoms with Crippen LogP contribution in [0.4, 0.5) is 0 Å². The van der Waals surface area contributed by atoms with Crippen molar-refractivity contribution in [1.82, 2.24) is 9.88 Å². The first-order chi connectivity index (χ1) is 16.6. The SMILES string of the molecule is Cc1c(C(=O)NCCCCCO)cc(-c2ccc([SH](=O)=O)c(C(C)(C)C)c2)n1CC1CCCCC1. The summed E-state index contributed by atoms with van der Waals surface area (Å²) in [4.78, 5) is 13.5. The molecule has 0 unspecified atom stereocenters. The standard InChI is InChI=1S/C28H42N2O4S/c1-20-23(27(32)29-15-9-6-10-16-31)18-25(30(20)19-21-11-7-5-8-12-21)22-13-14-26(35(33)34)24(17-22)28(2,3)4/h13-14,17-18,21,31,35H,5-12,15-16,19H2,1-4H3,(H,29,32). The molecule has 0 spiro atoms. The maximum absolute atomic E-state index is 13.1. The number of amides is 1. The number of aromatic nitrogens is 1. The number of rotatable bonds is 10. The van der Waals surface area contributed by atoms with Crippen LogP contribution in [-0.4, -0.2) is 37.2 Å². The molecular formula is C28H42N2O4S. The number of thiol groups is 1. The van der Waals surface area contributed by atoms with Gasteiger partial charge in [-0.3, -0.25) is 4.79 Å². The number of hydrogen-bond acceptors (Lipinski definition) is 4. The molecule has 1 aliphatic rings. The van der Waals surface area contributed by atoms with Crippen LogP contribution in [0.1, 0.15) is 93.8 Å². The lowest BCUT2D eigenvalue weighted by Gasteiger charge is -2.25. The number of carbonyl (C=O) groups is 1. The van der Waals surface area contributed by atoms with E-state index in [1.807, 2.05) is 45.9 Å². The lowest BCUT2D eigenvalue weighted by Crippen LogP contribution is -2.25. The van der Waals surface area contributed by atoms with Gasteiger partial charge in [-0.1, -0.05) is 46.1 Å². The fraction of sp³-hybridized carbons (Fsp3) is 0.607. The molecule has 3 rings (SSSR count). The molecule has 1 aromatic heterocycles. The van der Waals surface area contributed by atoms with Gasteiger partial charge in [0.25, 0.3) is 5.91 Å². The minimum Gasteiger partial charge on any atom is -0.396 e. The van der Waals surface area contributed by atoms with Gasteiger partial charge in [-0.05, 0) is 79.7 Å². The van der Waals surface area contributed by atoms with E-state index >= 15 is 0 Å². The van der Waals surface area contributed by atoms with Crippen LogP contribution in [0.15, 0.2) is 29.2 Å². The van der Waals surface area contributed by atoms with E-state index in [-0.39, 0.29) is 17.9 Å². The summed E-state index contributed by atoms with van der Waals surface area (Å²) in [6.45, 7) is 9.72. The highest BCUT2D eigenvalue weighted by atomic mass is 32.2. The summed E-state index contributed by atoms with van der Waals surface area (Å²) in [6, 6.07) is 7.54. The van der Waals surface area contributed by atoms with Crippen molar-refractivity contribution in [2.24, 2.45) is 5.92 Å². The number of aliphatic hydroxyl groups is 1. The Morgan fingerprint density at radius 3 is 2.43 bits per heavy atom. The summed E-state index contributed by atoms with van der Waals surface area (Å²) in [5, 5.41) is 12.0. The molecule has 0 aliphatic heterocycles. The molecule has 6 nitrogen and oxygen atoms in total. The molecular weight excluding hydrogens is 460 g/mol. The molecule has 0 radical (unpaired) electrons. The maximum Gasteiger partial charge on any atom is 0.253 e. The second-order valence-corrected chi connectivity index (χ2v) is 11.9. The normalized spacial score (nSPS) is 15.0. The second kappa shape index (κ2) is 12.2. The number of unbranched alkanes of at least 4 members (excludes halogenated alkanes) is 2. The van der Waals surface area contributed by atoms with Crippen LogP contribution in [0.2, 0.25) is 0 Å². The monoisotopic (exact) mass is 502 g/mol. The zero-order valence-corrected chi connectivity index (χ0v) is 22.6. The molecule has 7 heteroatoms. The van der Waals surface area contributed by atoms with Crippen LogP contribution in [0.5, 0.6) is 0 Å². The van der Waals surface area contributed by atoms with E-state index in [9.17, 15) is 13.2 Å². The molecule has 2 N–H and O–H groups in total. The van der Waals surface area contributed by atoms with Gasteiger partial charge in [-0.25, -0.2) is 8.42 Å². The predicted molar refractivity (Wildman–Crippen MR) is 142 cm³/mol. The summed E-state index contributed by atoms with van der Waals surface area (Å²) < 4.78 is 26.1. The minimum atomic E-state index is -2.69. The van der Waals surface area contributed by atoms with Crippen molar-refractivity contribution in [3.63, 3.8) is 0 Å². The van der Waals surface area contributed by atoms with Crippen LogP contribution < -0.4 is 5.32 Å². The number of nitrogens with one attached hydrogen (secondary N) is 1. The molecule has 0 atom stereocenters. The highest BCUT2D eigenvalue weighted by Crippen LogP contribution is 2.35. The van der Waals surface area contributed by atoms with Gasteiger partial charge in [0.15, 0.2) is 10.7 Å². The van der Waals surface area contributed by atoms with Gasteiger partial charge in [-0.15, -0.1) is 0 Å². The zero-order valence-electron chi connectivity index (χ0n) is 21.7. The van der Waals surface area contributed by atoms with E-state index in [2.05, 4.69) is 9.88 Å². The van der Waals surface area contributed by atoms with Gasteiger partial charge in [0.05, 0.1) is 10.5 Å². The number of benzene rings is 1. The third-order valence-corrected chi connectivity index (χ3v) is 7.98. The van der Waals surface area contributed by atoms with Crippen LogP contribution in [0.3, 0.4) is 0 Å². The largest absolute Gasteiger partial charge is 0.396 e. The Balaban J connectivity index is 2.00. The molecule has 1 fully saturated rings. The maximum atomic E-state index is 13.1. The Kier molecular flexibility index (Phi) is 9.59. The van der Waals surface area contributed by atoms with Gasteiger partial charge in [0.2, 0.25) is 0 Å². The summed E-state index contributed by atoms with van der Waals surface area (Å²) in [7, 11) is -2.69. The van der Waals surface area contributed by atoms with Gasteiger partial charge in [0, 0.05) is 31.1 Å². The van der Waals surface area contributed by atoms with Gasteiger partial charge >= 0.3 is 0 Å². The third kappa shape index (κ3) is 6.98. The highest BCUT2D eigenvalue weighted by Gasteiger charge is 2.25. The highest BCUT2D eigenvalue weighted by molar-refractivity contribution is 7.72. The molecule has 1 heterocycles. The number of nitrogens with zero attached hydrogens (tertiary/aromatic N) is 1. The quantitative estimate of drug-likeness (QED) is 0.308. The fourth-order valence-electron chi connectivity index (χ4n) is 5.14. The molecule has 0 saturated heterocycles. The average Bonchev–Trinajstić information content (AvgIpc) is 3.14. The first-order valence-corrected chi connectivity index (χ1v) is 14.2. The zero-order chi connectivity index (χ0) is 25.6. The van der Waals surface area contributed by atoms with Crippen LogP contribution in [0, 0.1) is 12.8 Å². The summed E-state index contributed by atoms with van der Waals surface area (Å²) in [6.07, 6.45) is 8.67. The molecule has 2 aromatic rings. The van der Waals surface area contributed by atoms with E-state index in [0.717, 1.165) is 48.3 Å². The van der Waals surface area contributed by atoms with Crippen LogP contribution in [0.25, 0.3) is 11.3 Å². The molecule has 194 valence electrons. The Hall–Kier alpha value is -2.12. The van der Waals surface area contributed by atoms with Gasteiger partial charge in [0.1, 0.15) is 0 Å². The van der Waals surface area contributed by atoms with E-state index in [1.54, 1.807) is 6.07 Å². The number of aliphatic hydroxyl groups excluding tert-OH is 1. The first kappa shape index (κ1) is 27.5. The van der Waals surface area contributed by atoms with Crippen molar-refractivity contribution >= 4 is 16.6 Å². The predicted octanol–water partition coefficient (Wildman–Crippen LogP) is 5.20. The van der Waals surface area contributed by atoms with E-state index in [0.29, 0.717) is 22.9 Å². The van der Waals surface area contributed by atoms with Crippen molar-refractivity contribution in [2.75, 3.05) is 13.2 Å². The van der Waals surface area contributed by atoms with Crippen molar-refractivity contribution in [2.45, 2.75) is 95.9 Å². The lowest BCUT2D eigenvalue weighted by molar-refractivity contribution is 0.0952. The smallest absolute Gasteiger partial charge is 0.253 e. The number of carbonyl (C=O) groups excluding carboxylic acids is 1. The van der Waals surface area contributed by atoms with Crippen LogP contribution >= 0.6 is 0 Å². The van der Waals surface area contributed by atoms with Crippen molar-refractivity contribution in [3.05, 3.63) is 41.1 Å². The molecule has 0 bridgehead atoms. The summed E-state index contributed by atoms with van der Waals surface area (Å²) in [5.74, 6) is 0.505. The van der Waals surface area contributed by atoms with Crippen molar-refractivity contribution in [1.29, 1.82) is 0 Å². The molecule has 1 amide bonds. The summed E-state index contributed by atoms with van der Waals surface area (Å²) in [5.41, 5.74) is 4.01.